The van der Waals surface area contributed by atoms with Gasteiger partial charge in [-0.2, -0.15) is 13.2 Å². The normalized spacial score (nSPS) is 11.4. The molecule has 0 atom stereocenters. The number of nitrogens with one attached hydrogen (secondary N) is 1. The molecule has 0 saturated carbocycles. The number of hydrogen-bond acceptors (Lipinski definition) is 4. The first-order chi connectivity index (χ1) is 12.3. The number of benzene rings is 1. The van der Waals surface area contributed by atoms with Crippen LogP contribution in [0.3, 0.4) is 0 Å². The van der Waals surface area contributed by atoms with Crippen molar-refractivity contribution in [3.63, 3.8) is 0 Å². The maximum atomic E-state index is 12.6. The van der Waals surface area contributed by atoms with Gasteiger partial charge in [-0.15, -0.1) is 11.3 Å². The van der Waals surface area contributed by atoms with Crippen molar-refractivity contribution >= 4 is 17.2 Å². The van der Waals surface area contributed by atoms with Crippen molar-refractivity contribution in [1.82, 2.24) is 15.3 Å². The van der Waals surface area contributed by atoms with Crippen LogP contribution in [-0.2, 0) is 12.7 Å². The van der Waals surface area contributed by atoms with Crippen LogP contribution in [0.4, 0.5) is 13.2 Å². The number of hydrogen-bond donors (Lipinski definition) is 1. The van der Waals surface area contributed by atoms with E-state index >= 15 is 0 Å². The highest BCUT2D eigenvalue weighted by Crippen LogP contribution is 2.29. The Balaban J connectivity index is 1.68. The fourth-order valence-electron chi connectivity index (χ4n) is 2.28. The Labute approximate surface area is 151 Å². The van der Waals surface area contributed by atoms with Crippen LogP contribution >= 0.6 is 11.3 Å². The van der Waals surface area contributed by atoms with Crippen LogP contribution in [0.25, 0.3) is 10.7 Å². The summed E-state index contributed by atoms with van der Waals surface area (Å²) < 4.78 is 37.7. The third-order valence-electron chi connectivity index (χ3n) is 3.62. The molecule has 3 rings (SSSR count). The molecule has 0 aliphatic rings. The average Bonchev–Trinajstić information content (AvgIpc) is 3.02. The van der Waals surface area contributed by atoms with Crippen molar-refractivity contribution < 1.29 is 18.0 Å². The first kappa shape index (κ1) is 18.1. The van der Waals surface area contributed by atoms with Gasteiger partial charge in [0.15, 0.2) is 0 Å². The molecule has 134 valence electrons. The lowest BCUT2D eigenvalue weighted by Crippen LogP contribution is -2.22. The van der Waals surface area contributed by atoms with Gasteiger partial charge in [0.1, 0.15) is 9.88 Å². The molecular formula is C18H14F3N3OS. The van der Waals surface area contributed by atoms with Crippen LogP contribution in [0.15, 0.2) is 48.7 Å². The van der Waals surface area contributed by atoms with Gasteiger partial charge in [0, 0.05) is 12.7 Å². The third-order valence-corrected chi connectivity index (χ3v) is 4.80. The van der Waals surface area contributed by atoms with Crippen LogP contribution in [0.5, 0.6) is 0 Å². The number of aryl methyl sites for hydroxylation is 1. The minimum absolute atomic E-state index is 0.132. The number of carbonyl (C=O) groups excluding carboxylic acids is 1. The smallest absolute Gasteiger partial charge is 0.347 e. The van der Waals surface area contributed by atoms with E-state index in [1.54, 1.807) is 19.2 Å². The van der Waals surface area contributed by atoms with Crippen molar-refractivity contribution in [2.24, 2.45) is 0 Å². The summed E-state index contributed by atoms with van der Waals surface area (Å²) in [5.74, 6) is -0.318. The zero-order chi connectivity index (χ0) is 18.7. The number of amides is 1. The highest BCUT2D eigenvalue weighted by Gasteiger charge is 2.29. The van der Waals surface area contributed by atoms with Crippen molar-refractivity contribution in [2.75, 3.05) is 0 Å². The van der Waals surface area contributed by atoms with Gasteiger partial charge in [-0.05, 0) is 36.8 Å². The largest absolute Gasteiger partial charge is 0.416 e. The molecule has 0 aliphatic heterocycles. The molecule has 0 radical (unpaired) electrons. The highest BCUT2D eigenvalue weighted by atomic mass is 32.1. The molecular weight excluding hydrogens is 363 g/mol. The van der Waals surface area contributed by atoms with Gasteiger partial charge in [-0.25, -0.2) is 4.98 Å². The van der Waals surface area contributed by atoms with Gasteiger partial charge in [0.05, 0.1) is 17.0 Å². The minimum Gasteiger partial charge on any atom is -0.347 e. The first-order valence-corrected chi connectivity index (χ1v) is 8.49. The summed E-state index contributed by atoms with van der Waals surface area (Å²) in [7, 11) is 0. The standard InChI is InChI=1S/C18H14F3N3OS/c1-11-15(26-17(24-11)14-4-2-3-9-22-14)16(25)23-10-12-5-7-13(8-6-12)18(19,20)21/h2-9H,10H2,1H3,(H,23,25). The van der Waals surface area contributed by atoms with Gasteiger partial charge in [-0.1, -0.05) is 18.2 Å². The topological polar surface area (TPSA) is 54.9 Å². The van der Waals surface area contributed by atoms with E-state index in [0.29, 0.717) is 26.8 Å². The SMILES string of the molecule is Cc1nc(-c2ccccn2)sc1C(=O)NCc1ccc(C(F)(F)F)cc1. The predicted octanol–water partition coefficient (Wildman–Crippen LogP) is 4.46. The molecule has 1 aromatic carbocycles. The number of rotatable bonds is 4. The first-order valence-electron chi connectivity index (χ1n) is 7.68. The number of pyridine rings is 1. The quantitative estimate of drug-likeness (QED) is 0.730. The maximum Gasteiger partial charge on any atom is 0.416 e. The predicted molar refractivity (Wildman–Crippen MR) is 92.7 cm³/mol. The van der Waals surface area contributed by atoms with E-state index < -0.39 is 11.7 Å². The number of alkyl halides is 3. The number of carbonyl (C=O) groups is 1. The van der Waals surface area contributed by atoms with E-state index in [9.17, 15) is 18.0 Å². The molecule has 0 saturated heterocycles. The Bertz CT molecular complexity index is 906. The molecule has 1 N–H and O–H groups in total. The molecule has 0 fully saturated rings. The summed E-state index contributed by atoms with van der Waals surface area (Å²) in [5.41, 5.74) is 1.13. The average molecular weight is 377 g/mol. The van der Waals surface area contributed by atoms with E-state index in [-0.39, 0.29) is 12.5 Å². The van der Waals surface area contributed by atoms with Crippen LogP contribution < -0.4 is 5.32 Å². The van der Waals surface area contributed by atoms with E-state index in [0.717, 1.165) is 12.1 Å². The molecule has 2 aromatic heterocycles. The van der Waals surface area contributed by atoms with Crippen molar-refractivity contribution in [3.8, 4) is 10.7 Å². The highest BCUT2D eigenvalue weighted by molar-refractivity contribution is 7.17. The molecule has 4 nitrogen and oxygen atoms in total. The third kappa shape index (κ3) is 4.08. The Morgan fingerprint density at radius 2 is 1.88 bits per heavy atom. The fraction of sp³-hybridized carbons (Fsp3) is 0.167. The molecule has 3 aromatic rings. The van der Waals surface area contributed by atoms with Crippen molar-refractivity contribution in [2.45, 2.75) is 19.6 Å². The van der Waals surface area contributed by atoms with Gasteiger partial charge < -0.3 is 5.32 Å². The van der Waals surface area contributed by atoms with Crippen LogP contribution in [0, 0.1) is 6.92 Å². The molecule has 2 heterocycles. The number of aromatic nitrogens is 2. The Hall–Kier alpha value is -2.74. The summed E-state index contributed by atoms with van der Waals surface area (Å²) in [5, 5.41) is 3.35. The Kier molecular flexibility index (Phi) is 5.03. The lowest BCUT2D eigenvalue weighted by Gasteiger charge is -2.08. The van der Waals surface area contributed by atoms with Crippen LogP contribution in [0.2, 0.25) is 0 Å². The second kappa shape index (κ2) is 7.25. The Morgan fingerprint density at radius 1 is 1.15 bits per heavy atom. The molecule has 0 aliphatic carbocycles. The zero-order valence-electron chi connectivity index (χ0n) is 13.7. The zero-order valence-corrected chi connectivity index (χ0v) is 14.5. The van der Waals surface area contributed by atoms with E-state index in [4.69, 9.17) is 0 Å². The van der Waals surface area contributed by atoms with E-state index in [1.807, 2.05) is 12.1 Å². The Morgan fingerprint density at radius 3 is 2.50 bits per heavy atom. The molecule has 26 heavy (non-hydrogen) atoms. The van der Waals surface area contributed by atoms with E-state index in [2.05, 4.69) is 15.3 Å². The van der Waals surface area contributed by atoms with Crippen molar-refractivity contribution in [3.05, 3.63) is 70.4 Å². The lowest BCUT2D eigenvalue weighted by atomic mass is 10.1. The van der Waals surface area contributed by atoms with Gasteiger partial charge in [0.2, 0.25) is 0 Å². The minimum atomic E-state index is -4.37. The summed E-state index contributed by atoms with van der Waals surface area (Å²) in [6, 6.07) is 10.1. The van der Waals surface area contributed by atoms with Crippen LogP contribution in [-0.4, -0.2) is 15.9 Å². The van der Waals surface area contributed by atoms with Crippen LogP contribution in [0.1, 0.15) is 26.5 Å². The number of nitrogens with zero attached hydrogens (tertiary/aromatic N) is 2. The summed E-state index contributed by atoms with van der Waals surface area (Å²) in [6.07, 6.45) is -2.72. The molecule has 0 spiro atoms. The maximum absolute atomic E-state index is 12.6. The number of thiazole rings is 1. The summed E-state index contributed by atoms with van der Waals surface area (Å²) >= 11 is 1.23. The number of halogens is 3. The van der Waals surface area contributed by atoms with E-state index in [1.165, 1.54) is 23.5 Å². The fourth-order valence-corrected chi connectivity index (χ4v) is 3.24. The second-order valence-electron chi connectivity index (χ2n) is 5.53. The van der Waals surface area contributed by atoms with Gasteiger partial charge >= 0.3 is 6.18 Å². The molecule has 8 heteroatoms. The molecule has 0 bridgehead atoms. The lowest BCUT2D eigenvalue weighted by molar-refractivity contribution is -0.137. The van der Waals surface area contributed by atoms with Gasteiger partial charge in [0.25, 0.3) is 5.91 Å². The molecule has 0 unspecified atom stereocenters. The molecule has 1 amide bonds. The van der Waals surface area contributed by atoms with Gasteiger partial charge in [-0.3, -0.25) is 9.78 Å². The second-order valence-corrected chi connectivity index (χ2v) is 6.52. The monoisotopic (exact) mass is 377 g/mol. The summed E-state index contributed by atoms with van der Waals surface area (Å²) in [4.78, 5) is 21.4. The summed E-state index contributed by atoms with van der Waals surface area (Å²) in [6.45, 7) is 1.86. The van der Waals surface area contributed by atoms with Crippen molar-refractivity contribution in [1.29, 1.82) is 0 Å².